The Bertz CT molecular complexity index is 573. The van der Waals surface area contributed by atoms with Gasteiger partial charge >= 0.3 is 0 Å². The van der Waals surface area contributed by atoms with Crippen molar-refractivity contribution in [1.82, 2.24) is 14.3 Å². The molecule has 3 heterocycles. The predicted octanol–water partition coefficient (Wildman–Crippen LogP) is 1.66. The zero-order chi connectivity index (χ0) is 13.9. The summed E-state index contributed by atoms with van der Waals surface area (Å²) in [5.74, 6) is 0.923. The SMILES string of the molecule is CCc1nsc(N2CCN(C(=O)c3ccoc3)CC2)n1. The number of furan rings is 1. The van der Waals surface area contributed by atoms with Crippen molar-refractivity contribution < 1.29 is 9.21 Å². The van der Waals surface area contributed by atoms with Crippen LogP contribution >= 0.6 is 11.5 Å². The number of amides is 1. The highest BCUT2D eigenvalue weighted by Gasteiger charge is 2.24. The van der Waals surface area contributed by atoms with Gasteiger partial charge in [-0.15, -0.1) is 0 Å². The Hall–Kier alpha value is -1.89. The lowest BCUT2D eigenvalue weighted by Gasteiger charge is -2.34. The topological polar surface area (TPSA) is 62.5 Å². The Kier molecular flexibility index (Phi) is 3.68. The Morgan fingerprint density at radius 1 is 1.40 bits per heavy atom. The van der Waals surface area contributed by atoms with Crippen molar-refractivity contribution in [2.45, 2.75) is 13.3 Å². The first-order valence-electron chi connectivity index (χ1n) is 6.67. The van der Waals surface area contributed by atoms with Crippen LogP contribution in [-0.4, -0.2) is 46.3 Å². The third kappa shape index (κ3) is 2.53. The number of nitrogens with zero attached hydrogens (tertiary/aromatic N) is 4. The van der Waals surface area contributed by atoms with Crippen molar-refractivity contribution >= 4 is 22.6 Å². The molecule has 1 amide bonds. The van der Waals surface area contributed by atoms with E-state index in [1.807, 2.05) is 11.8 Å². The van der Waals surface area contributed by atoms with Gasteiger partial charge in [0.2, 0.25) is 5.13 Å². The van der Waals surface area contributed by atoms with Gasteiger partial charge in [-0.1, -0.05) is 6.92 Å². The van der Waals surface area contributed by atoms with Crippen LogP contribution in [0.2, 0.25) is 0 Å². The Morgan fingerprint density at radius 2 is 2.20 bits per heavy atom. The fraction of sp³-hybridized carbons (Fsp3) is 0.462. The van der Waals surface area contributed by atoms with Gasteiger partial charge in [0.15, 0.2) is 0 Å². The van der Waals surface area contributed by atoms with Crippen molar-refractivity contribution in [3.63, 3.8) is 0 Å². The maximum absolute atomic E-state index is 12.2. The van der Waals surface area contributed by atoms with Crippen LogP contribution in [0.4, 0.5) is 5.13 Å². The minimum Gasteiger partial charge on any atom is -0.472 e. The number of carbonyl (C=O) groups excluding carboxylic acids is 1. The zero-order valence-corrected chi connectivity index (χ0v) is 12.1. The number of hydrogen-bond donors (Lipinski definition) is 0. The molecule has 1 fully saturated rings. The maximum atomic E-state index is 12.2. The minimum atomic E-state index is 0.0323. The molecule has 106 valence electrons. The van der Waals surface area contributed by atoms with E-state index in [2.05, 4.69) is 14.3 Å². The van der Waals surface area contributed by atoms with Gasteiger partial charge in [0.1, 0.15) is 12.1 Å². The normalized spacial score (nSPS) is 15.7. The molecule has 2 aromatic heterocycles. The molecule has 20 heavy (non-hydrogen) atoms. The Labute approximate surface area is 121 Å². The molecule has 2 aromatic rings. The van der Waals surface area contributed by atoms with E-state index in [1.54, 1.807) is 6.07 Å². The van der Waals surface area contributed by atoms with E-state index in [9.17, 15) is 4.79 Å². The largest absolute Gasteiger partial charge is 0.472 e. The minimum absolute atomic E-state index is 0.0323. The molecule has 0 unspecified atom stereocenters. The number of anilines is 1. The van der Waals surface area contributed by atoms with Crippen LogP contribution in [0.25, 0.3) is 0 Å². The van der Waals surface area contributed by atoms with Gasteiger partial charge in [0.05, 0.1) is 11.8 Å². The molecule has 0 aromatic carbocycles. The smallest absolute Gasteiger partial charge is 0.257 e. The average molecular weight is 292 g/mol. The second-order valence-corrected chi connectivity index (χ2v) is 5.37. The molecule has 0 aliphatic carbocycles. The van der Waals surface area contributed by atoms with Gasteiger partial charge in [-0.05, 0) is 6.07 Å². The standard InChI is InChI=1S/C13H16N4O2S/c1-2-11-14-13(20-15-11)17-6-4-16(5-7-17)12(18)10-3-8-19-9-10/h3,8-9H,2,4-7H2,1H3. The van der Waals surface area contributed by atoms with Gasteiger partial charge in [0.25, 0.3) is 5.91 Å². The lowest BCUT2D eigenvalue weighted by atomic mass is 10.2. The van der Waals surface area contributed by atoms with Crippen molar-refractivity contribution in [1.29, 1.82) is 0 Å². The van der Waals surface area contributed by atoms with Crippen LogP contribution in [0.5, 0.6) is 0 Å². The van der Waals surface area contributed by atoms with Gasteiger partial charge in [-0.2, -0.15) is 4.37 Å². The van der Waals surface area contributed by atoms with Crippen molar-refractivity contribution in [2.75, 3.05) is 31.1 Å². The molecule has 3 rings (SSSR count). The van der Waals surface area contributed by atoms with E-state index >= 15 is 0 Å². The van der Waals surface area contributed by atoms with Crippen molar-refractivity contribution in [2.24, 2.45) is 0 Å². The first kappa shape index (κ1) is 13.1. The summed E-state index contributed by atoms with van der Waals surface area (Å²) in [6, 6.07) is 1.70. The fourth-order valence-corrected chi connectivity index (χ4v) is 2.99. The summed E-state index contributed by atoms with van der Waals surface area (Å²) in [4.78, 5) is 20.7. The molecular formula is C13H16N4O2S. The number of aryl methyl sites for hydroxylation is 1. The van der Waals surface area contributed by atoms with E-state index in [0.29, 0.717) is 18.7 Å². The predicted molar refractivity (Wildman–Crippen MR) is 76.1 cm³/mol. The number of rotatable bonds is 3. The van der Waals surface area contributed by atoms with E-state index in [1.165, 1.54) is 24.1 Å². The van der Waals surface area contributed by atoms with Crippen molar-refractivity contribution in [3.05, 3.63) is 30.0 Å². The van der Waals surface area contributed by atoms with Crippen LogP contribution in [0.15, 0.2) is 23.0 Å². The van der Waals surface area contributed by atoms with Gasteiger partial charge < -0.3 is 14.2 Å². The highest BCUT2D eigenvalue weighted by atomic mass is 32.1. The third-order valence-electron chi connectivity index (χ3n) is 3.38. The molecular weight excluding hydrogens is 276 g/mol. The quantitative estimate of drug-likeness (QED) is 0.861. The van der Waals surface area contributed by atoms with Crippen LogP contribution in [-0.2, 0) is 6.42 Å². The van der Waals surface area contributed by atoms with Crippen LogP contribution in [0.1, 0.15) is 23.1 Å². The summed E-state index contributed by atoms with van der Waals surface area (Å²) in [7, 11) is 0. The summed E-state index contributed by atoms with van der Waals surface area (Å²) in [5.41, 5.74) is 0.614. The molecule has 0 atom stereocenters. The van der Waals surface area contributed by atoms with Gasteiger partial charge in [-0.25, -0.2) is 4.98 Å². The van der Waals surface area contributed by atoms with Gasteiger partial charge in [-0.3, -0.25) is 4.79 Å². The monoisotopic (exact) mass is 292 g/mol. The summed E-state index contributed by atoms with van der Waals surface area (Å²) < 4.78 is 9.26. The van der Waals surface area contributed by atoms with Crippen LogP contribution in [0.3, 0.4) is 0 Å². The summed E-state index contributed by atoms with van der Waals surface area (Å²) in [6.45, 7) is 5.04. The molecule has 7 heteroatoms. The lowest BCUT2D eigenvalue weighted by Crippen LogP contribution is -2.48. The van der Waals surface area contributed by atoms with E-state index in [4.69, 9.17) is 4.42 Å². The molecule has 0 bridgehead atoms. The Balaban J connectivity index is 1.60. The molecule has 1 aliphatic rings. The van der Waals surface area contributed by atoms with Crippen molar-refractivity contribution in [3.8, 4) is 0 Å². The second-order valence-electron chi connectivity index (χ2n) is 4.64. The molecule has 6 nitrogen and oxygen atoms in total. The molecule has 0 saturated carbocycles. The number of hydrogen-bond acceptors (Lipinski definition) is 6. The highest BCUT2D eigenvalue weighted by molar-refractivity contribution is 7.09. The van der Waals surface area contributed by atoms with E-state index < -0.39 is 0 Å². The number of piperazine rings is 1. The fourth-order valence-electron chi connectivity index (χ4n) is 2.19. The van der Waals surface area contributed by atoms with E-state index in [-0.39, 0.29) is 5.91 Å². The van der Waals surface area contributed by atoms with Crippen LogP contribution < -0.4 is 4.90 Å². The third-order valence-corrected chi connectivity index (χ3v) is 4.19. The van der Waals surface area contributed by atoms with Gasteiger partial charge in [0, 0.05) is 44.1 Å². The zero-order valence-electron chi connectivity index (χ0n) is 11.3. The van der Waals surface area contributed by atoms with E-state index in [0.717, 1.165) is 30.5 Å². The number of carbonyl (C=O) groups is 1. The maximum Gasteiger partial charge on any atom is 0.257 e. The first-order valence-corrected chi connectivity index (χ1v) is 7.44. The second kappa shape index (κ2) is 5.62. The lowest BCUT2D eigenvalue weighted by molar-refractivity contribution is 0.0746. The Morgan fingerprint density at radius 3 is 2.80 bits per heavy atom. The number of aromatic nitrogens is 2. The summed E-state index contributed by atoms with van der Waals surface area (Å²) in [6.07, 6.45) is 3.87. The molecule has 0 spiro atoms. The summed E-state index contributed by atoms with van der Waals surface area (Å²) in [5, 5.41) is 0.956. The first-order chi connectivity index (χ1) is 9.78. The highest BCUT2D eigenvalue weighted by Crippen LogP contribution is 2.20. The summed E-state index contributed by atoms with van der Waals surface area (Å²) >= 11 is 1.43. The molecule has 0 radical (unpaired) electrons. The molecule has 1 saturated heterocycles. The average Bonchev–Trinajstić information content (AvgIpc) is 3.18. The molecule has 0 N–H and O–H groups in total. The molecule has 1 aliphatic heterocycles. The van der Waals surface area contributed by atoms with Crippen LogP contribution in [0, 0.1) is 0 Å².